The van der Waals surface area contributed by atoms with Crippen LogP contribution >= 0.6 is 0 Å². The number of aliphatic hydroxyl groups is 1. The number of hydrogen-bond acceptors (Lipinski definition) is 8. The minimum absolute atomic E-state index is 0.107. The molecule has 3 aromatic rings. The summed E-state index contributed by atoms with van der Waals surface area (Å²) in [6.45, 7) is 5.28. The van der Waals surface area contributed by atoms with Crippen molar-refractivity contribution in [3.8, 4) is 6.07 Å². The van der Waals surface area contributed by atoms with Crippen molar-refractivity contribution in [2.24, 2.45) is 0 Å². The molecule has 1 N–H and O–H groups in total. The smallest absolute Gasteiger partial charge is 0.338 e. The summed E-state index contributed by atoms with van der Waals surface area (Å²) in [4.78, 5) is 26.0. The lowest BCUT2D eigenvalue weighted by Gasteiger charge is -2.34. The molecule has 1 heterocycles. The van der Waals surface area contributed by atoms with Crippen molar-refractivity contribution in [1.29, 1.82) is 5.26 Å². The molecule has 0 aromatic heterocycles. The van der Waals surface area contributed by atoms with Crippen molar-refractivity contribution in [1.82, 2.24) is 0 Å². The van der Waals surface area contributed by atoms with Crippen LogP contribution in [-0.4, -0.2) is 47.6 Å². The molecule has 0 spiro atoms. The molecule has 2 unspecified atom stereocenters. The number of hydrogen-bond donors (Lipinski definition) is 1. The number of nitriles is 1. The van der Waals surface area contributed by atoms with Crippen molar-refractivity contribution < 1.29 is 33.6 Å². The van der Waals surface area contributed by atoms with E-state index in [1.807, 2.05) is 50.2 Å². The van der Waals surface area contributed by atoms with Gasteiger partial charge in [-0.05, 0) is 50.6 Å². The largest absolute Gasteiger partial charge is 0.514 e. The Morgan fingerprint density at radius 3 is 2.08 bits per heavy atom. The maximum atomic E-state index is 13.3. The summed E-state index contributed by atoms with van der Waals surface area (Å²) in [5, 5.41) is 19.6. The van der Waals surface area contributed by atoms with E-state index in [2.05, 4.69) is 0 Å². The summed E-state index contributed by atoms with van der Waals surface area (Å²) >= 11 is 0. The number of carbonyl (C=O) groups excluding carboxylic acids is 2. The average molecular weight is 542 g/mol. The van der Waals surface area contributed by atoms with E-state index in [9.17, 15) is 20.0 Å². The van der Waals surface area contributed by atoms with Gasteiger partial charge in [0.25, 0.3) is 0 Å². The van der Waals surface area contributed by atoms with Gasteiger partial charge in [-0.2, -0.15) is 5.26 Å². The van der Waals surface area contributed by atoms with Gasteiger partial charge in [-0.3, -0.25) is 0 Å². The molecule has 3 aromatic carbocycles. The minimum atomic E-state index is -1.43. The van der Waals surface area contributed by atoms with Crippen LogP contribution in [-0.2, 0) is 25.6 Å². The zero-order chi connectivity index (χ0) is 28.7. The fraction of sp³-hybridized carbons (Fsp3) is 0.281. The number of aliphatic hydroxyl groups excluding tert-OH is 1. The first-order valence-corrected chi connectivity index (χ1v) is 12.8. The normalized spacial score (nSPS) is 22.4. The van der Waals surface area contributed by atoms with E-state index in [-0.39, 0.29) is 18.8 Å². The molecule has 0 bridgehead atoms. The van der Waals surface area contributed by atoms with Gasteiger partial charge in [-0.15, -0.1) is 0 Å². The summed E-state index contributed by atoms with van der Waals surface area (Å²) in [6, 6.07) is 25.0. The van der Waals surface area contributed by atoms with Crippen LogP contribution in [0.2, 0.25) is 0 Å². The van der Waals surface area contributed by atoms with Crippen LogP contribution in [0, 0.1) is 25.2 Å². The quantitative estimate of drug-likeness (QED) is 0.218. The summed E-state index contributed by atoms with van der Waals surface area (Å²) in [7, 11) is 0. The molecule has 1 fully saturated rings. The highest BCUT2D eigenvalue weighted by Crippen LogP contribution is 2.41. The molecule has 1 saturated heterocycles. The fourth-order valence-electron chi connectivity index (χ4n) is 4.53. The third-order valence-electron chi connectivity index (χ3n) is 6.86. The molecule has 1 aliphatic rings. The van der Waals surface area contributed by atoms with E-state index in [0.717, 1.165) is 16.7 Å². The molecule has 0 radical (unpaired) electrons. The number of benzene rings is 3. The third kappa shape index (κ3) is 6.40. The first kappa shape index (κ1) is 28.6. The molecule has 40 heavy (non-hydrogen) atoms. The van der Waals surface area contributed by atoms with Crippen molar-refractivity contribution in [3.05, 3.63) is 119 Å². The second kappa shape index (κ2) is 12.6. The number of ether oxygens (including phenoxy) is 4. The summed E-state index contributed by atoms with van der Waals surface area (Å²) in [5.74, 6) is -1.22. The molecule has 0 aliphatic carbocycles. The lowest BCUT2D eigenvalue weighted by atomic mass is 9.88. The van der Waals surface area contributed by atoms with Gasteiger partial charge in [0.1, 0.15) is 30.5 Å². The fourth-order valence-corrected chi connectivity index (χ4v) is 4.53. The maximum absolute atomic E-state index is 13.3. The van der Waals surface area contributed by atoms with Gasteiger partial charge < -0.3 is 24.1 Å². The standard InChI is InChI=1S/C32H31NO7/c1-21-9-13-24(14-10-21)30(35)37-20-27-29(40-31(36)25-15-11-22(2)12-16-25)32(3,28(39-27)26(17-33)18-34)38-19-23-7-5-4-6-8-23/h4-16,18,27-29,34H,19-20H2,1-3H3/b26-18+/t27?,28?,29-,32+/m1/s1. The SMILES string of the molecule is Cc1ccc(C(=O)OCC2OC(/C(C#N)=C/O)[C@](C)(OCc3ccccc3)[C@@H]2OC(=O)c2ccc(C)cc2)cc1. The Labute approximate surface area is 233 Å². The van der Waals surface area contributed by atoms with E-state index in [4.69, 9.17) is 18.9 Å². The van der Waals surface area contributed by atoms with Gasteiger partial charge in [0, 0.05) is 0 Å². The van der Waals surface area contributed by atoms with Gasteiger partial charge in [0.05, 0.1) is 29.6 Å². The van der Waals surface area contributed by atoms with E-state index in [1.54, 1.807) is 55.5 Å². The van der Waals surface area contributed by atoms with E-state index < -0.39 is 35.9 Å². The second-order valence-corrected chi connectivity index (χ2v) is 9.87. The van der Waals surface area contributed by atoms with Crippen LogP contribution in [0.5, 0.6) is 0 Å². The van der Waals surface area contributed by atoms with Crippen LogP contribution < -0.4 is 0 Å². The zero-order valence-electron chi connectivity index (χ0n) is 22.6. The van der Waals surface area contributed by atoms with Crippen molar-refractivity contribution in [2.45, 2.75) is 51.3 Å². The number of aryl methyl sites for hydroxylation is 2. The Bertz CT molecular complexity index is 1390. The Morgan fingerprint density at radius 1 is 0.950 bits per heavy atom. The Morgan fingerprint density at radius 2 is 1.52 bits per heavy atom. The van der Waals surface area contributed by atoms with Crippen molar-refractivity contribution >= 4 is 11.9 Å². The highest BCUT2D eigenvalue weighted by atomic mass is 16.6. The van der Waals surface area contributed by atoms with Gasteiger partial charge in [0.2, 0.25) is 0 Å². The molecule has 4 rings (SSSR count). The van der Waals surface area contributed by atoms with Crippen molar-refractivity contribution in [3.63, 3.8) is 0 Å². The monoisotopic (exact) mass is 541 g/mol. The topological polar surface area (TPSA) is 115 Å². The molecular weight excluding hydrogens is 510 g/mol. The zero-order valence-corrected chi connectivity index (χ0v) is 22.6. The molecule has 206 valence electrons. The van der Waals surface area contributed by atoms with Crippen LogP contribution in [0.3, 0.4) is 0 Å². The maximum Gasteiger partial charge on any atom is 0.338 e. The highest BCUT2D eigenvalue weighted by Gasteiger charge is 2.59. The lowest BCUT2D eigenvalue weighted by Crippen LogP contribution is -2.51. The predicted molar refractivity (Wildman–Crippen MR) is 146 cm³/mol. The van der Waals surface area contributed by atoms with Crippen LogP contribution in [0.15, 0.2) is 90.7 Å². The van der Waals surface area contributed by atoms with Crippen LogP contribution in [0.25, 0.3) is 0 Å². The molecule has 8 heteroatoms. The van der Waals surface area contributed by atoms with Crippen molar-refractivity contribution in [2.75, 3.05) is 6.61 Å². The first-order valence-electron chi connectivity index (χ1n) is 12.8. The Kier molecular flexibility index (Phi) is 9.00. The lowest BCUT2D eigenvalue weighted by molar-refractivity contribution is -0.120. The van der Waals surface area contributed by atoms with Gasteiger partial charge in [-0.1, -0.05) is 65.7 Å². The number of rotatable bonds is 9. The Balaban J connectivity index is 1.65. The summed E-state index contributed by atoms with van der Waals surface area (Å²) in [5.41, 5.74) is 1.92. The van der Waals surface area contributed by atoms with E-state index in [0.29, 0.717) is 17.4 Å². The van der Waals surface area contributed by atoms with Gasteiger partial charge in [-0.25, -0.2) is 9.59 Å². The Hall–Kier alpha value is -4.45. The highest BCUT2D eigenvalue weighted by molar-refractivity contribution is 5.90. The molecule has 0 amide bonds. The van der Waals surface area contributed by atoms with Gasteiger partial charge >= 0.3 is 11.9 Å². The minimum Gasteiger partial charge on any atom is -0.514 e. The first-order chi connectivity index (χ1) is 19.2. The summed E-state index contributed by atoms with van der Waals surface area (Å²) < 4.78 is 24.0. The molecule has 0 saturated carbocycles. The van der Waals surface area contributed by atoms with Gasteiger partial charge in [0.15, 0.2) is 6.10 Å². The second-order valence-electron chi connectivity index (χ2n) is 9.87. The van der Waals surface area contributed by atoms with Crippen LogP contribution in [0.1, 0.15) is 44.3 Å². The molecule has 8 nitrogen and oxygen atoms in total. The molecule has 4 atom stereocenters. The van der Waals surface area contributed by atoms with E-state index in [1.165, 1.54) is 0 Å². The average Bonchev–Trinajstić information content (AvgIpc) is 3.23. The third-order valence-corrected chi connectivity index (χ3v) is 6.86. The molecular formula is C32H31NO7. The molecule has 1 aliphatic heterocycles. The van der Waals surface area contributed by atoms with E-state index >= 15 is 0 Å². The number of carbonyl (C=O) groups is 2. The predicted octanol–water partition coefficient (Wildman–Crippen LogP) is 5.39. The summed E-state index contributed by atoms with van der Waals surface area (Å²) in [6.07, 6.45) is -2.58. The van der Waals surface area contributed by atoms with Crippen LogP contribution in [0.4, 0.5) is 0 Å². The number of nitrogens with zero attached hydrogens (tertiary/aromatic N) is 1. The number of esters is 2.